The third-order valence-corrected chi connectivity index (χ3v) is 4.84. The van der Waals surface area contributed by atoms with E-state index >= 15 is 0 Å². The molecule has 3 rings (SSSR count). The summed E-state index contributed by atoms with van der Waals surface area (Å²) in [7, 11) is 0. The van der Waals surface area contributed by atoms with Gasteiger partial charge in [0.25, 0.3) is 5.91 Å². The lowest BCUT2D eigenvalue weighted by Crippen LogP contribution is -2.33. The highest BCUT2D eigenvalue weighted by Crippen LogP contribution is 2.34. The SMILES string of the molecule is CC(C)n1c(C(F)(F)F)nc2cc(C(=O)N[C@@H]3CC[C@H](C(=O)O)C3)ccc21. The predicted octanol–water partition coefficient (Wildman–Crippen LogP) is 3.62. The largest absolute Gasteiger partial charge is 0.481 e. The Morgan fingerprint density at radius 2 is 2.00 bits per heavy atom. The fourth-order valence-electron chi connectivity index (χ4n) is 3.57. The number of carboxylic acid groups (broad SMARTS) is 1. The Labute approximate surface area is 153 Å². The Hall–Kier alpha value is -2.58. The first kappa shape index (κ1) is 19.2. The summed E-state index contributed by atoms with van der Waals surface area (Å²) < 4.78 is 40.9. The van der Waals surface area contributed by atoms with Crippen LogP contribution < -0.4 is 5.32 Å². The standard InChI is InChI=1S/C18H20F3N3O3/c1-9(2)24-14-6-4-10(8-13(14)23-17(24)18(19,20)21)15(25)22-12-5-3-11(7-12)16(26)27/h4,6,8-9,11-12H,3,5,7H2,1-2H3,(H,22,25)(H,26,27)/t11-,12+/m0/s1. The quantitative estimate of drug-likeness (QED) is 0.845. The zero-order valence-corrected chi connectivity index (χ0v) is 14.9. The molecule has 0 aliphatic heterocycles. The van der Waals surface area contributed by atoms with Gasteiger partial charge in [-0.05, 0) is 51.3 Å². The van der Waals surface area contributed by atoms with Crippen molar-refractivity contribution in [2.24, 2.45) is 5.92 Å². The number of carbonyl (C=O) groups is 2. The molecule has 0 bridgehead atoms. The first-order valence-corrected chi connectivity index (χ1v) is 8.70. The van der Waals surface area contributed by atoms with Gasteiger partial charge in [0, 0.05) is 17.6 Å². The van der Waals surface area contributed by atoms with Crippen LogP contribution >= 0.6 is 0 Å². The van der Waals surface area contributed by atoms with Crippen molar-refractivity contribution in [3.05, 3.63) is 29.6 Å². The van der Waals surface area contributed by atoms with Crippen LogP contribution in [0.4, 0.5) is 13.2 Å². The van der Waals surface area contributed by atoms with Gasteiger partial charge in [-0.2, -0.15) is 13.2 Å². The molecule has 1 aliphatic carbocycles. The monoisotopic (exact) mass is 383 g/mol. The van der Waals surface area contributed by atoms with E-state index in [-0.39, 0.29) is 17.1 Å². The maximum Gasteiger partial charge on any atom is 0.449 e. The zero-order chi connectivity index (χ0) is 19.9. The Morgan fingerprint density at radius 1 is 1.30 bits per heavy atom. The van der Waals surface area contributed by atoms with Crippen LogP contribution in [-0.2, 0) is 11.0 Å². The van der Waals surface area contributed by atoms with Crippen molar-refractivity contribution >= 4 is 22.9 Å². The van der Waals surface area contributed by atoms with Crippen LogP contribution in [0.2, 0.25) is 0 Å². The molecule has 27 heavy (non-hydrogen) atoms. The average molecular weight is 383 g/mol. The number of aromatic nitrogens is 2. The van der Waals surface area contributed by atoms with Gasteiger partial charge in [0.15, 0.2) is 0 Å². The van der Waals surface area contributed by atoms with Crippen molar-refractivity contribution in [1.29, 1.82) is 0 Å². The smallest absolute Gasteiger partial charge is 0.449 e. The topological polar surface area (TPSA) is 84.2 Å². The number of nitrogens with one attached hydrogen (secondary N) is 1. The number of nitrogens with zero attached hydrogens (tertiary/aromatic N) is 2. The molecule has 1 saturated carbocycles. The molecule has 9 heteroatoms. The first-order valence-electron chi connectivity index (χ1n) is 8.70. The number of carboxylic acids is 1. The summed E-state index contributed by atoms with van der Waals surface area (Å²) in [4.78, 5) is 27.1. The molecule has 6 nitrogen and oxygen atoms in total. The second-order valence-electron chi connectivity index (χ2n) is 7.12. The van der Waals surface area contributed by atoms with Gasteiger partial charge < -0.3 is 15.0 Å². The molecular formula is C18H20F3N3O3. The Bertz CT molecular complexity index is 889. The van der Waals surface area contributed by atoms with Gasteiger partial charge in [0.1, 0.15) is 0 Å². The van der Waals surface area contributed by atoms with Crippen molar-refractivity contribution < 1.29 is 27.9 Å². The zero-order valence-electron chi connectivity index (χ0n) is 14.9. The molecule has 1 amide bonds. The Morgan fingerprint density at radius 3 is 2.56 bits per heavy atom. The van der Waals surface area contributed by atoms with Crippen LogP contribution in [0.25, 0.3) is 11.0 Å². The second-order valence-corrected chi connectivity index (χ2v) is 7.12. The van der Waals surface area contributed by atoms with Gasteiger partial charge in [-0.25, -0.2) is 4.98 Å². The molecule has 1 aromatic carbocycles. The third kappa shape index (κ3) is 3.77. The third-order valence-electron chi connectivity index (χ3n) is 4.84. The molecule has 2 N–H and O–H groups in total. The number of hydrogen-bond acceptors (Lipinski definition) is 3. The number of halogens is 3. The molecule has 0 saturated heterocycles. The van der Waals surface area contributed by atoms with Gasteiger partial charge >= 0.3 is 12.1 Å². The number of carbonyl (C=O) groups excluding carboxylic acids is 1. The van der Waals surface area contributed by atoms with Gasteiger partial charge in [-0.3, -0.25) is 9.59 Å². The van der Waals surface area contributed by atoms with Gasteiger partial charge in [0.2, 0.25) is 5.82 Å². The minimum absolute atomic E-state index is 0.0958. The van der Waals surface area contributed by atoms with E-state index in [9.17, 15) is 22.8 Å². The van der Waals surface area contributed by atoms with E-state index in [1.54, 1.807) is 13.8 Å². The fraction of sp³-hybridized carbons (Fsp3) is 0.500. The van der Waals surface area contributed by atoms with E-state index in [4.69, 9.17) is 5.11 Å². The molecule has 1 aromatic heterocycles. The van der Waals surface area contributed by atoms with E-state index in [0.717, 1.165) is 4.57 Å². The minimum Gasteiger partial charge on any atom is -0.481 e. The molecular weight excluding hydrogens is 363 g/mol. The fourth-order valence-corrected chi connectivity index (χ4v) is 3.57. The summed E-state index contributed by atoms with van der Waals surface area (Å²) in [6.07, 6.45) is -3.19. The van der Waals surface area contributed by atoms with Crippen molar-refractivity contribution in [3.63, 3.8) is 0 Å². The second kappa shape index (κ2) is 6.86. The summed E-state index contributed by atoms with van der Waals surface area (Å²) in [5.41, 5.74) is 0.600. The van der Waals surface area contributed by atoms with Gasteiger partial charge in [0.05, 0.1) is 17.0 Å². The molecule has 1 fully saturated rings. The normalized spacial score (nSPS) is 20.4. The Balaban J connectivity index is 1.86. The summed E-state index contributed by atoms with van der Waals surface area (Å²) in [5.74, 6) is -2.80. The number of rotatable bonds is 4. The van der Waals surface area contributed by atoms with Crippen LogP contribution in [0.1, 0.15) is 55.3 Å². The summed E-state index contributed by atoms with van der Waals surface area (Å²) in [5, 5.41) is 11.8. The minimum atomic E-state index is -4.60. The van der Waals surface area contributed by atoms with Crippen LogP contribution in [0.5, 0.6) is 0 Å². The highest BCUT2D eigenvalue weighted by atomic mass is 19.4. The van der Waals surface area contributed by atoms with Crippen LogP contribution in [-0.4, -0.2) is 32.6 Å². The lowest BCUT2D eigenvalue weighted by Gasteiger charge is -2.15. The van der Waals surface area contributed by atoms with Gasteiger partial charge in [-0.1, -0.05) is 0 Å². The first-order chi connectivity index (χ1) is 12.6. The summed E-state index contributed by atoms with van der Waals surface area (Å²) in [6.45, 7) is 3.27. The summed E-state index contributed by atoms with van der Waals surface area (Å²) in [6, 6.07) is 3.55. The number of benzene rings is 1. The maximum atomic E-state index is 13.3. The average Bonchev–Trinajstić information content (AvgIpc) is 3.17. The number of hydrogen-bond donors (Lipinski definition) is 2. The van der Waals surface area contributed by atoms with Crippen molar-refractivity contribution in [2.45, 2.75) is 51.4 Å². The number of amides is 1. The highest BCUT2D eigenvalue weighted by Gasteiger charge is 2.38. The predicted molar refractivity (Wildman–Crippen MR) is 91.4 cm³/mol. The highest BCUT2D eigenvalue weighted by molar-refractivity contribution is 5.97. The van der Waals surface area contributed by atoms with E-state index in [0.29, 0.717) is 24.8 Å². The van der Waals surface area contributed by atoms with Gasteiger partial charge in [-0.15, -0.1) is 0 Å². The molecule has 0 radical (unpaired) electrons. The summed E-state index contributed by atoms with van der Waals surface area (Å²) >= 11 is 0. The van der Waals surface area contributed by atoms with Crippen LogP contribution in [0.15, 0.2) is 18.2 Å². The number of aliphatic carboxylic acids is 1. The lowest BCUT2D eigenvalue weighted by atomic mass is 10.1. The molecule has 2 atom stereocenters. The molecule has 146 valence electrons. The number of fused-ring (bicyclic) bond motifs is 1. The molecule has 1 heterocycles. The molecule has 0 unspecified atom stereocenters. The van der Waals surface area contributed by atoms with Crippen LogP contribution in [0.3, 0.4) is 0 Å². The Kier molecular flexibility index (Phi) is 4.88. The van der Waals surface area contributed by atoms with E-state index in [2.05, 4.69) is 10.3 Å². The molecule has 1 aliphatic rings. The van der Waals surface area contributed by atoms with Crippen molar-refractivity contribution in [1.82, 2.24) is 14.9 Å². The van der Waals surface area contributed by atoms with Crippen molar-refractivity contribution in [3.8, 4) is 0 Å². The maximum absolute atomic E-state index is 13.3. The number of imidazole rings is 1. The van der Waals surface area contributed by atoms with Crippen LogP contribution in [0, 0.1) is 5.92 Å². The molecule has 2 aromatic rings. The lowest BCUT2D eigenvalue weighted by molar-refractivity contribution is -0.147. The number of alkyl halides is 3. The van der Waals surface area contributed by atoms with Crippen molar-refractivity contribution in [2.75, 3.05) is 0 Å². The van der Waals surface area contributed by atoms with E-state index < -0.39 is 35.8 Å². The molecule has 0 spiro atoms. The van der Waals surface area contributed by atoms with E-state index in [1.165, 1.54) is 18.2 Å². The van der Waals surface area contributed by atoms with E-state index in [1.807, 2.05) is 0 Å².